The molecule has 1 unspecified atom stereocenters. The van der Waals surface area contributed by atoms with E-state index in [1.807, 2.05) is 12.1 Å². The van der Waals surface area contributed by atoms with Crippen LogP contribution in [0.5, 0.6) is 0 Å². The molecular formula is C14H22Br2N2O. The van der Waals surface area contributed by atoms with Gasteiger partial charge in [-0.15, -0.1) is 0 Å². The number of nitrogens with two attached hydrogens (primary N) is 1. The molecule has 0 aliphatic carbocycles. The fourth-order valence-electron chi connectivity index (χ4n) is 2.07. The molecule has 3 nitrogen and oxygen atoms in total. The average molecular weight is 394 g/mol. The summed E-state index contributed by atoms with van der Waals surface area (Å²) in [6.45, 7) is 7.01. The van der Waals surface area contributed by atoms with Crippen LogP contribution in [-0.4, -0.2) is 29.6 Å². The molecule has 0 aromatic heterocycles. The third kappa shape index (κ3) is 5.06. The molecule has 0 bridgehead atoms. The molecule has 1 rings (SSSR count). The standard InChI is InChI=1S/C14H22Br2N2O/c1-3-5-18(6-4-2)9-13(19)10-7-11(15)14(17)12(16)8-10/h7-8,13,19H,3-6,9,17H2,1-2H3. The van der Waals surface area contributed by atoms with Crippen LogP contribution in [0.25, 0.3) is 0 Å². The van der Waals surface area contributed by atoms with Crippen molar-refractivity contribution in [1.82, 2.24) is 4.90 Å². The zero-order valence-corrected chi connectivity index (χ0v) is 14.7. The van der Waals surface area contributed by atoms with Gasteiger partial charge in [-0.05, 0) is 75.5 Å². The molecule has 0 spiro atoms. The van der Waals surface area contributed by atoms with Crippen LogP contribution in [0.3, 0.4) is 0 Å². The smallest absolute Gasteiger partial charge is 0.0917 e. The van der Waals surface area contributed by atoms with E-state index < -0.39 is 6.10 Å². The van der Waals surface area contributed by atoms with Gasteiger partial charge in [0.05, 0.1) is 11.8 Å². The zero-order chi connectivity index (χ0) is 14.4. The average Bonchev–Trinajstić information content (AvgIpc) is 2.35. The van der Waals surface area contributed by atoms with Crippen molar-refractivity contribution in [2.75, 3.05) is 25.4 Å². The van der Waals surface area contributed by atoms with Gasteiger partial charge < -0.3 is 15.7 Å². The summed E-state index contributed by atoms with van der Waals surface area (Å²) in [4.78, 5) is 2.29. The largest absolute Gasteiger partial charge is 0.397 e. The molecule has 108 valence electrons. The van der Waals surface area contributed by atoms with E-state index in [-0.39, 0.29) is 0 Å². The van der Waals surface area contributed by atoms with E-state index in [4.69, 9.17) is 5.73 Å². The second-order valence-corrected chi connectivity index (χ2v) is 6.42. The number of halogens is 2. The Labute approximate surface area is 132 Å². The summed E-state index contributed by atoms with van der Waals surface area (Å²) >= 11 is 6.83. The van der Waals surface area contributed by atoms with Crippen LogP contribution in [0, 0.1) is 0 Å². The number of rotatable bonds is 7. The van der Waals surface area contributed by atoms with Crippen LogP contribution in [0.4, 0.5) is 5.69 Å². The van der Waals surface area contributed by atoms with Gasteiger partial charge in [0.15, 0.2) is 0 Å². The van der Waals surface area contributed by atoms with Crippen molar-refractivity contribution in [2.24, 2.45) is 0 Å². The maximum atomic E-state index is 10.4. The Morgan fingerprint density at radius 1 is 1.16 bits per heavy atom. The summed E-state index contributed by atoms with van der Waals surface area (Å²) in [6, 6.07) is 3.78. The Hall–Kier alpha value is -0.100. The quantitative estimate of drug-likeness (QED) is 0.689. The molecule has 0 radical (unpaired) electrons. The van der Waals surface area contributed by atoms with Gasteiger partial charge in [-0.1, -0.05) is 13.8 Å². The van der Waals surface area contributed by atoms with Gasteiger partial charge in [-0.3, -0.25) is 0 Å². The number of nitrogen functional groups attached to an aromatic ring is 1. The van der Waals surface area contributed by atoms with Crippen molar-refractivity contribution in [3.05, 3.63) is 26.6 Å². The first-order chi connectivity index (χ1) is 8.99. The van der Waals surface area contributed by atoms with Gasteiger partial charge in [0.25, 0.3) is 0 Å². The van der Waals surface area contributed by atoms with Gasteiger partial charge in [-0.25, -0.2) is 0 Å². The lowest BCUT2D eigenvalue weighted by Gasteiger charge is -2.24. The molecule has 5 heteroatoms. The van der Waals surface area contributed by atoms with Crippen LogP contribution in [0.15, 0.2) is 21.1 Å². The van der Waals surface area contributed by atoms with Crippen LogP contribution in [0.2, 0.25) is 0 Å². The summed E-state index contributed by atoms with van der Waals surface area (Å²) in [5.74, 6) is 0. The summed E-state index contributed by atoms with van der Waals surface area (Å²) in [5, 5.41) is 10.4. The third-order valence-electron chi connectivity index (χ3n) is 3.00. The predicted molar refractivity (Wildman–Crippen MR) is 88.2 cm³/mol. The van der Waals surface area contributed by atoms with E-state index in [9.17, 15) is 5.11 Å². The molecule has 0 saturated carbocycles. The van der Waals surface area contributed by atoms with Crippen LogP contribution >= 0.6 is 31.9 Å². The van der Waals surface area contributed by atoms with Crippen LogP contribution < -0.4 is 5.73 Å². The van der Waals surface area contributed by atoms with E-state index in [0.29, 0.717) is 12.2 Å². The Morgan fingerprint density at radius 3 is 2.05 bits per heavy atom. The normalized spacial score (nSPS) is 12.9. The molecule has 19 heavy (non-hydrogen) atoms. The fourth-order valence-corrected chi connectivity index (χ4v) is 3.29. The van der Waals surface area contributed by atoms with Gasteiger partial charge in [0.1, 0.15) is 0 Å². The zero-order valence-electron chi connectivity index (χ0n) is 11.5. The maximum Gasteiger partial charge on any atom is 0.0917 e. The SMILES string of the molecule is CCCN(CCC)CC(O)c1cc(Br)c(N)c(Br)c1. The highest BCUT2D eigenvalue weighted by Gasteiger charge is 2.15. The van der Waals surface area contributed by atoms with Crippen LogP contribution in [0.1, 0.15) is 38.4 Å². The van der Waals surface area contributed by atoms with Gasteiger partial charge in [0.2, 0.25) is 0 Å². The minimum absolute atomic E-state index is 0.494. The second kappa shape index (κ2) is 8.25. The Balaban J connectivity index is 2.78. The highest BCUT2D eigenvalue weighted by molar-refractivity contribution is 9.11. The van der Waals surface area contributed by atoms with Gasteiger partial charge in [0, 0.05) is 15.5 Å². The minimum atomic E-state index is -0.494. The summed E-state index contributed by atoms with van der Waals surface area (Å²) in [6.07, 6.45) is 1.70. The maximum absolute atomic E-state index is 10.4. The summed E-state index contributed by atoms with van der Waals surface area (Å²) < 4.78 is 1.63. The molecule has 0 aliphatic heterocycles. The first-order valence-electron chi connectivity index (χ1n) is 6.64. The van der Waals surface area contributed by atoms with Crippen molar-refractivity contribution < 1.29 is 5.11 Å². The fraction of sp³-hybridized carbons (Fsp3) is 0.571. The number of aliphatic hydroxyl groups is 1. The molecule has 0 amide bonds. The molecule has 0 fully saturated rings. The van der Waals surface area contributed by atoms with Crippen molar-refractivity contribution in [3.63, 3.8) is 0 Å². The number of nitrogens with zero attached hydrogens (tertiary/aromatic N) is 1. The lowest BCUT2D eigenvalue weighted by Crippen LogP contribution is -2.30. The van der Waals surface area contributed by atoms with E-state index in [0.717, 1.165) is 40.4 Å². The van der Waals surface area contributed by atoms with E-state index >= 15 is 0 Å². The molecule has 1 atom stereocenters. The molecular weight excluding hydrogens is 372 g/mol. The molecule has 1 aromatic rings. The van der Waals surface area contributed by atoms with Gasteiger partial charge >= 0.3 is 0 Å². The molecule has 0 saturated heterocycles. The molecule has 0 aliphatic rings. The lowest BCUT2D eigenvalue weighted by molar-refractivity contribution is 0.113. The first kappa shape index (κ1) is 17.0. The number of hydrogen-bond acceptors (Lipinski definition) is 3. The first-order valence-corrected chi connectivity index (χ1v) is 8.23. The van der Waals surface area contributed by atoms with Gasteiger partial charge in [-0.2, -0.15) is 0 Å². The summed E-state index contributed by atoms with van der Waals surface area (Å²) in [5.41, 5.74) is 7.40. The van der Waals surface area contributed by atoms with Crippen molar-refractivity contribution in [1.29, 1.82) is 0 Å². The Bertz CT molecular complexity index is 383. The molecule has 0 heterocycles. The highest BCUT2D eigenvalue weighted by Crippen LogP contribution is 2.32. The number of anilines is 1. The van der Waals surface area contributed by atoms with Crippen molar-refractivity contribution in [2.45, 2.75) is 32.8 Å². The Morgan fingerprint density at radius 2 is 1.63 bits per heavy atom. The number of hydrogen-bond donors (Lipinski definition) is 2. The Kier molecular flexibility index (Phi) is 7.36. The van der Waals surface area contributed by atoms with E-state index in [2.05, 4.69) is 50.6 Å². The predicted octanol–water partition coefficient (Wildman–Crippen LogP) is 3.95. The van der Waals surface area contributed by atoms with E-state index in [1.165, 1.54) is 0 Å². The summed E-state index contributed by atoms with van der Waals surface area (Å²) in [7, 11) is 0. The van der Waals surface area contributed by atoms with Crippen molar-refractivity contribution in [3.8, 4) is 0 Å². The number of aliphatic hydroxyl groups excluding tert-OH is 1. The third-order valence-corrected chi connectivity index (χ3v) is 4.31. The second-order valence-electron chi connectivity index (χ2n) is 4.71. The van der Waals surface area contributed by atoms with Crippen LogP contribution in [-0.2, 0) is 0 Å². The minimum Gasteiger partial charge on any atom is -0.397 e. The number of benzene rings is 1. The van der Waals surface area contributed by atoms with E-state index in [1.54, 1.807) is 0 Å². The monoisotopic (exact) mass is 392 g/mol. The molecule has 1 aromatic carbocycles. The molecule has 3 N–H and O–H groups in total. The lowest BCUT2D eigenvalue weighted by atomic mass is 10.1. The highest BCUT2D eigenvalue weighted by atomic mass is 79.9. The topological polar surface area (TPSA) is 49.5 Å². The van der Waals surface area contributed by atoms with Crippen molar-refractivity contribution >= 4 is 37.5 Å².